The van der Waals surface area contributed by atoms with E-state index in [1.165, 1.54) is 0 Å². The van der Waals surface area contributed by atoms with Gasteiger partial charge in [0.1, 0.15) is 11.9 Å². The number of hydrogen-bond acceptors (Lipinski definition) is 5. The molecule has 17 heavy (non-hydrogen) atoms. The Morgan fingerprint density at radius 1 is 1.76 bits per heavy atom. The van der Waals surface area contributed by atoms with Crippen molar-refractivity contribution in [2.24, 2.45) is 7.05 Å². The van der Waals surface area contributed by atoms with Crippen molar-refractivity contribution >= 4 is 11.8 Å². The first-order valence-electron chi connectivity index (χ1n) is 5.86. The van der Waals surface area contributed by atoms with Crippen LogP contribution in [-0.4, -0.2) is 32.1 Å². The van der Waals surface area contributed by atoms with Crippen molar-refractivity contribution in [3.05, 3.63) is 6.33 Å². The van der Waals surface area contributed by atoms with Crippen molar-refractivity contribution < 1.29 is 0 Å². The summed E-state index contributed by atoms with van der Waals surface area (Å²) in [5.74, 6) is 0. The summed E-state index contributed by atoms with van der Waals surface area (Å²) in [4.78, 5) is 4.21. The maximum atomic E-state index is 9.29. The maximum absolute atomic E-state index is 9.29. The second-order valence-corrected chi connectivity index (χ2v) is 5.64. The Kier molecular flexibility index (Phi) is 3.69. The van der Waals surface area contributed by atoms with Crippen molar-refractivity contribution in [2.45, 2.75) is 42.1 Å². The molecule has 0 amide bonds. The van der Waals surface area contributed by atoms with E-state index in [9.17, 15) is 5.26 Å². The Morgan fingerprint density at radius 3 is 3.18 bits per heavy atom. The molecule has 2 unspecified atom stereocenters. The highest BCUT2D eigenvalue weighted by atomic mass is 32.2. The third-order valence-corrected chi connectivity index (χ3v) is 4.46. The second kappa shape index (κ2) is 5.07. The van der Waals surface area contributed by atoms with Crippen LogP contribution in [0.4, 0.5) is 0 Å². The van der Waals surface area contributed by atoms with Crippen LogP contribution in [0.3, 0.4) is 0 Å². The summed E-state index contributed by atoms with van der Waals surface area (Å²) in [6.07, 6.45) is 4.43. The van der Waals surface area contributed by atoms with Gasteiger partial charge in [0.25, 0.3) is 0 Å². The molecule has 2 rings (SSSR count). The number of hydrogen-bond donors (Lipinski definition) is 1. The molecule has 2 atom stereocenters. The predicted octanol–water partition coefficient (Wildman–Crippen LogP) is 1.33. The van der Waals surface area contributed by atoms with E-state index < -0.39 is 0 Å². The topological polar surface area (TPSA) is 66.5 Å². The highest BCUT2D eigenvalue weighted by Crippen LogP contribution is 2.39. The predicted molar refractivity (Wildman–Crippen MR) is 66.5 cm³/mol. The first-order valence-corrected chi connectivity index (χ1v) is 6.74. The largest absolute Gasteiger partial charge is 0.300 e. The first-order chi connectivity index (χ1) is 8.19. The molecule has 1 aliphatic carbocycles. The Hall–Kier alpha value is -1.06. The van der Waals surface area contributed by atoms with Crippen LogP contribution in [0.25, 0.3) is 0 Å². The average Bonchev–Trinajstić information content (AvgIpc) is 2.89. The second-order valence-electron chi connectivity index (χ2n) is 4.37. The van der Waals surface area contributed by atoms with E-state index in [1.54, 1.807) is 22.8 Å². The van der Waals surface area contributed by atoms with Crippen LogP contribution in [-0.2, 0) is 7.05 Å². The van der Waals surface area contributed by atoms with Gasteiger partial charge in [-0.2, -0.15) is 10.4 Å². The fraction of sp³-hybridized carbons (Fsp3) is 0.727. The molecule has 1 heterocycles. The molecule has 1 aliphatic rings. The smallest absolute Gasteiger partial charge is 0.186 e. The van der Waals surface area contributed by atoms with Crippen LogP contribution in [0, 0.1) is 11.3 Å². The molecule has 0 aromatic carbocycles. The summed E-state index contributed by atoms with van der Waals surface area (Å²) in [5, 5.41) is 18.0. The Balaban J connectivity index is 1.99. The lowest BCUT2D eigenvalue weighted by Crippen LogP contribution is -2.41. The maximum Gasteiger partial charge on any atom is 0.186 e. The van der Waals surface area contributed by atoms with E-state index in [0.717, 1.165) is 31.0 Å². The lowest BCUT2D eigenvalue weighted by atomic mass is 10.0. The Morgan fingerprint density at radius 2 is 2.59 bits per heavy atom. The number of nitriles is 1. The molecule has 0 radical (unpaired) electrons. The van der Waals surface area contributed by atoms with E-state index in [4.69, 9.17) is 0 Å². The van der Waals surface area contributed by atoms with Gasteiger partial charge in [-0.25, -0.2) is 9.67 Å². The normalized spacial score (nSPS) is 28.2. The van der Waals surface area contributed by atoms with Crippen molar-refractivity contribution in [2.75, 3.05) is 6.54 Å². The molecular weight excluding hydrogens is 234 g/mol. The van der Waals surface area contributed by atoms with Gasteiger partial charge in [-0.05, 0) is 25.8 Å². The first kappa shape index (κ1) is 12.4. The molecule has 1 fully saturated rings. The van der Waals surface area contributed by atoms with Gasteiger partial charge < -0.3 is 0 Å². The highest BCUT2D eigenvalue weighted by molar-refractivity contribution is 7.99. The molecule has 5 nitrogen and oxygen atoms in total. The number of thioether (sulfide) groups is 1. The highest BCUT2D eigenvalue weighted by Gasteiger charge is 2.39. The standard InChI is InChI=1S/C11H17N5S/c1-3-14-11(7-12)5-4-9(6-11)17-10-13-8-15-16(10)2/h8-9,14H,3-6H2,1-2H3. The van der Waals surface area contributed by atoms with E-state index >= 15 is 0 Å². The number of nitrogens with zero attached hydrogens (tertiary/aromatic N) is 4. The Bertz CT molecular complexity index is 424. The van der Waals surface area contributed by atoms with Crippen LogP contribution < -0.4 is 5.32 Å². The summed E-state index contributed by atoms with van der Waals surface area (Å²) in [6, 6.07) is 2.44. The fourth-order valence-electron chi connectivity index (χ4n) is 2.28. The molecular formula is C11H17N5S. The third-order valence-electron chi connectivity index (χ3n) is 3.14. The van der Waals surface area contributed by atoms with Crippen LogP contribution in [0.15, 0.2) is 11.5 Å². The SMILES string of the molecule is CCNC1(C#N)CCC(Sc2ncnn2C)C1. The van der Waals surface area contributed by atoms with Gasteiger partial charge in [0.05, 0.1) is 6.07 Å². The molecule has 0 aliphatic heterocycles. The van der Waals surface area contributed by atoms with Gasteiger partial charge >= 0.3 is 0 Å². The molecule has 1 N–H and O–H groups in total. The summed E-state index contributed by atoms with van der Waals surface area (Å²) in [5.41, 5.74) is -0.328. The Labute approximate surface area is 106 Å². The van der Waals surface area contributed by atoms with E-state index in [2.05, 4.69) is 21.5 Å². The lowest BCUT2D eigenvalue weighted by Gasteiger charge is -2.21. The van der Waals surface area contributed by atoms with Crippen molar-refractivity contribution in [3.63, 3.8) is 0 Å². The van der Waals surface area contributed by atoms with E-state index in [1.807, 2.05) is 14.0 Å². The minimum atomic E-state index is -0.328. The van der Waals surface area contributed by atoms with Crippen molar-refractivity contribution in [1.29, 1.82) is 5.26 Å². The molecule has 0 spiro atoms. The summed E-state index contributed by atoms with van der Waals surface area (Å²) < 4.78 is 1.78. The zero-order valence-corrected chi connectivity index (χ0v) is 11.0. The van der Waals surface area contributed by atoms with Crippen molar-refractivity contribution in [3.8, 4) is 6.07 Å². The zero-order chi connectivity index (χ0) is 12.3. The summed E-state index contributed by atoms with van der Waals surface area (Å²) in [6.45, 7) is 2.89. The third kappa shape index (κ3) is 2.61. The lowest BCUT2D eigenvalue weighted by molar-refractivity contribution is 0.436. The van der Waals surface area contributed by atoms with E-state index in [-0.39, 0.29) is 5.54 Å². The molecule has 1 saturated carbocycles. The number of aryl methyl sites for hydroxylation is 1. The molecule has 0 saturated heterocycles. The van der Waals surface area contributed by atoms with Crippen LogP contribution in [0.5, 0.6) is 0 Å². The van der Waals surface area contributed by atoms with Gasteiger partial charge in [0.2, 0.25) is 0 Å². The number of rotatable bonds is 4. The zero-order valence-electron chi connectivity index (χ0n) is 10.2. The van der Waals surface area contributed by atoms with Crippen molar-refractivity contribution in [1.82, 2.24) is 20.1 Å². The minimum absolute atomic E-state index is 0.328. The molecule has 92 valence electrons. The molecule has 1 aromatic rings. The van der Waals surface area contributed by atoms with Crippen LogP contribution >= 0.6 is 11.8 Å². The molecule has 1 aromatic heterocycles. The summed E-state index contributed by atoms with van der Waals surface area (Å²) in [7, 11) is 1.89. The van der Waals surface area contributed by atoms with Gasteiger partial charge in [0.15, 0.2) is 5.16 Å². The van der Waals surface area contributed by atoms with Gasteiger partial charge in [-0.15, -0.1) is 0 Å². The van der Waals surface area contributed by atoms with Crippen LogP contribution in [0.2, 0.25) is 0 Å². The average molecular weight is 251 g/mol. The fourth-order valence-corrected chi connectivity index (χ4v) is 3.49. The van der Waals surface area contributed by atoms with Gasteiger partial charge in [-0.1, -0.05) is 18.7 Å². The monoisotopic (exact) mass is 251 g/mol. The minimum Gasteiger partial charge on any atom is -0.300 e. The molecule has 6 heteroatoms. The number of nitrogens with one attached hydrogen (secondary N) is 1. The van der Waals surface area contributed by atoms with Gasteiger partial charge in [0, 0.05) is 12.3 Å². The van der Waals surface area contributed by atoms with E-state index in [0.29, 0.717) is 5.25 Å². The number of aromatic nitrogens is 3. The quantitative estimate of drug-likeness (QED) is 0.874. The van der Waals surface area contributed by atoms with Gasteiger partial charge in [-0.3, -0.25) is 5.32 Å². The summed E-state index contributed by atoms with van der Waals surface area (Å²) >= 11 is 1.73. The molecule has 0 bridgehead atoms. The van der Waals surface area contributed by atoms with Crippen LogP contribution in [0.1, 0.15) is 26.2 Å².